The Morgan fingerprint density at radius 1 is 1.07 bits per heavy atom. The molecule has 0 fully saturated rings. The van der Waals surface area contributed by atoms with Crippen LogP contribution < -0.4 is 0 Å². The molecule has 0 aliphatic carbocycles. The molecule has 0 aliphatic rings. The molecule has 0 amide bonds. The molecule has 2 nitrogen and oxygen atoms in total. The lowest BCUT2D eigenvalue weighted by Gasteiger charge is -2.03. The van der Waals surface area contributed by atoms with Crippen LogP contribution in [0.3, 0.4) is 0 Å². The Morgan fingerprint density at radius 2 is 1.73 bits per heavy atom. The lowest BCUT2D eigenvalue weighted by molar-refractivity contribution is 1.08. The molecule has 15 heavy (non-hydrogen) atoms. The molecule has 0 spiro atoms. The molecule has 0 N–H and O–H groups in total. The Bertz CT molecular complexity index is 435. The van der Waals surface area contributed by atoms with E-state index < -0.39 is 0 Å². The number of pyridine rings is 2. The standard InChI is InChI=1S/C10H6BrClN2S/c11-7-3-1-5-13-9(7)15-10-8(12)4-2-6-14-10/h1-6H. The van der Waals surface area contributed by atoms with Gasteiger partial charge in [-0.25, -0.2) is 9.97 Å². The second-order valence-corrected chi connectivity index (χ2v) is 4.92. The van der Waals surface area contributed by atoms with Crippen molar-refractivity contribution in [2.24, 2.45) is 0 Å². The molecule has 0 radical (unpaired) electrons. The van der Waals surface area contributed by atoms with Crippen LogP contribution in [-0.2, 0) is 0 Å². The fraction of sp³-hybridized carbons (Fsp3) is 0. The summed E-state index contributed by atoms with van der Waals surface area (Å²) >= 11 is 10.9. The molecule has 2 aromatic rings. The van der Waals surface area contributed by atoms with Crippen molar-refractivity contribution < 1.29 is 0 Å². The Balaban J connectivity index is 2.30. The zero-order valence-corrected chi connectivity index (χ0v) is 10.7. The summed E-state index contributed by atoms with van der Waals surface area (Å²) in [5.74, 6) is 0. The van der Waals surface area contributed by atoms with E-state index in [1.807, 2.05) is 18.2 Å². The summed E-state index contributed by atoms with van der Waals surface area (Å²) in [5, 5.41) is 2.26. The van der Waals surface area contributed by atoms with Crippen molar-refractivity contribution in [3.8, 4) is 0 Å². The number of halogens is 2. The molecule has 5 heteroatoms. The van der Waals surface area contributed by atoms with Crippen molar-refractivity contribution in [1.29, 1.82) is 0 Å². The first-order valence-electron chi connectivity index (χ1n) is 4.16. The van der Waals surface area contributed by atoms with Crippen molar-refractivity contribution in [3.63, 3.8) is 0 Å². The number of hydrogen-bond acceptors (Lipinski definition) is 3. The first kappa shape index (κ1) is 10.9. The highest BCUT2D eigenvalue weighted by Crippen LogP contribution is 2.33. The Labute approximate surface area is 105 Å². The maximum absolute atomic E-state index is 6.00. The minimum atomic E-state index is 0.639. The molecule has 0 bridgehead atoms. The van der Waals surface area contributed by atoms with Gasteiger partial charge < -0.3 is 0 Å². The van der Waals surface area contributed by atoms with Gasteiger partial charge in [-0.15, -0.1) is 0 Å². The summed E-state index contributed by atoms with van der Waals surface area (Å²) in [6.07, 6.45) is 3.45. The molecule has 0 saturated heterocycles. The van der Waals surface area contributed by atoms with Crippen molar-refractivity contribution in [3.05, 3.63) is 46.2 Å². The summed E-state index contributed by atoms with van der Waals surface area (Å²) in [4.78, 5) is 8.42. The van der Waals surface area contributed by atoms with Gasteiger partial charge in [0, 0.05) is 12.4 Å². The van der Waals surface area contributed by atoms with E-state index in [9.17, 15) is 0 Å². The van der Waals surface area contributed by atoms with Crippen LogP contribution in [0.1, 0.15) is 0 Å². The van der Waals surface area contributed by atoms with Crippen LogP contribution in [-0.4, -0.2) is 9.97 Å². The van der Waals surface area contributed by atoms with Crippen LogP contribution in [0.5, 0.6) is 0 Å². The van der Waals surface area contributed by atoms with E-state index in [1.54, 1.807) is 18.5 Å². The van der Waals surface area contributed by atoms with Gasteiger partial charge in [0.25, 0.3) is 0 Å². The molecule has 2 rings (SSSR count). The van der Waals surface area contributed by atoms with E-state index >= 15 is 0 Å². The van der Waals surface area contributed by atoms with Crippen LogP contribution in [0, 0.1) is 0 Å². The third kappa shape index (κ3) is 2.71. The van der Waals surface area contributed by atoms with Crippen molar-refractivity contribution >= 4 is 39.3 Å². The molecule has 0 aliphatic heterocycles. The van der Waals surface area contributed by atoms with E-state index in [1.165, 1.54) is 11.8 Å². The average Bonchev–Trinajstić information content (AvgIpc) is 2.24. The number of nitrogens with zero attached hydrogens (tertiary/aromatic N) is 2. The SMILES string of the molecule is Clc1cccnc1Sc1ncccc1Br. The summed E-state index contributed by atoms with van der Waals surface area (Å²) in [6, 6.07) is 7.42. The fourth-order valence-electron chi connectivity index (χ4n) is 0.984. The topological polar surface area (TPSA) is 25.8 Å². The van der Waals surface area contributed by atoms with Gasteiger partial charge in [-0.05, 0) is 52.0 Å². The van der Waals surface area contributed by atoms with Gasteiger partial charge in [-0.1, -0.05) is 11.6 Å². The zero-order chi connectivity index (χ0) is 10.7. The van der Waals surface area contributed by atoms with Gasteiger partial charge in [-0.2, -0.15) is 0 Å². The maximum Gasteiger partial charge on any atom is 0.121 e. The summed E-state index contributed by atoms with van der Waals surface area (Å²) in [6.45, 7) is 0. The highest BCUT2D eigenvalue weighted by Gasteiger charge is 2.06. The quantitative estimate of drug-likeness (QED) is 0.837. The number of rotatable bonds is 2. The van der Waals surface area contributed by atoms with Crippen molar-refractivity contribution in [1.82, 2.24) is 9.97 Å². The summed E-state index contributed by atoms with van der Waals surface area (Å²) in [5.41, 5.74) is 0. The van der Waals surface area contributed by atoms with Gasteiger partial charge in [0.15, 0.2) is 0 Å². The molecule has 0 aromatic carbocycles. The van der Waals surface area contributed by atoms with Crippen LogP contribution >= 0.6 is 39.3 Å². The molecule has 0 saturated carbocycles. The lowest BCUT2D eigenvalue weighted by Crippen LogP contribution is -1.84. The van der Waals surface area contributed by atoms with Gasteiger partial charge in [0.1, 0.15) is 10.1 Å². The van der Waals surface area contributed by atoms with E-state index in [0.29, 0.717) is 5.02 Å². The molecule has 0 unspecified atom stereocenters. The van der Waals surface area contributed by atoms with Crippen LogP contribution in [0.4, 0.5) is 0 Å². The molecule has 0 atom stereocenters. The minimum Gasteiger partial charge on any atom is -0.248 e. The monoisotopic (exact) mass is 300 g/mol. The first-order chi connectivity index (χ1) is 7.27. The molecular weight excluding hydrogens is 296 g/mol. The van der Waals surface area contributed by atoms with E-state index in [-0.39, 0.29) is 0 Å². The fourth-order valence-corrected chi connectivity index (χ4v) is 2.46. The van der Waals surface area contributed by atoms with Crippen LogP contribution in [0.25, 0.3) is 0 Å². The first-order valence-corrected chi connectivity index (χ1v) is 6.15. The highest BCUT2D eigenvalue weighted by atomic mass is 79.9. The Morgan fingerprint density at radius 3 is 2.40 bits per heavy atom. The zero-order valence-electron chi connectivity index (χ0n) is 7.52. The average molecular weight is 302 g/mol. The lowest BCUT2D eigenvalue weighted by atomic mass is 10.5. The maximum atomic E-state index is 6.00. The van der Waals surface area contributed by atoms with E-state index in [4.69, 9.17) is 11.6 Å². The van der Waals surface area contributed by atoms with Crippen molar-refractivity contribution in [2.45, 2.75) is 10.1 Å². The number of hydrogen-bond donors (Lipinski definition) is 0. The smallest absolute Gasteiger partial charge is 0.121 e. The molecule has 76 valence electrons. The van der Waals surface area contributed by atoms with Gasteiger partial charge in [-0.3, -0.25) is 0 Å². The molecule has 2 aromatic heterocycles. The van der Waals surface area contributed by atoms with Gasteiger partial charge in [0.05, 0.1) is 9.50 Å². The van der Waals surface area contributed by atoms with E-state index in [2.05, 4.69) is 25.9 Å². The highest BCUT2D eigenvalue weighted by molar-refractivity contribution is 9.10. The van der Waals surface area contributed by atoms with Crippen LogP contribution in [0.15, 0.2) is 51.2 Å². The second kappa shape index (κ2) is 4.96. The minimum absolute atomic E-state index is 0.639. The summed E-state index contributed by atoms with van der Waals surface area (Å²) in [7, 11) is 0. The predicted molar refractivity (Wildman–Crippen MR) is 65.3 cm³/mol. The third-order valence-corrected chi connectivity index (χ3v) is 4.00. The number of aromatic nitrogens is 2. The largest absolute Gasteiger partial charge is 0.248 e. The third-order valence-electron chi connectivity index (χ3n) is 1.64. The Hall–Kier alpha value is -0.580. The van der Waals surface area contributed by atoms with E-state index in [0.717, 1.165) is 14.5 Å². The molecule has 2 heterocycles. The van der Waals surface area contributed by atoms with Gasteiger partial charge >= 0.3 is 0 Å². The predicted octanol–water partition coefficient (Wildman–Crippen LogP) is 4.04. The Kier molecular flexibility index (Phi) is 3.61. The molecular formula is C10H6BrClN2S. The van der Waals surface area contributed by atoms with Crippen LogP contribution in [0.2, 0.25) is 5.02 Å². The summed E-state index contributed by atoms with van der Waals surface area (Å²) < 4.78 is 0.941. The van der Waals surface area contributed by atoms with Crippen molar-refractivity contribution in [2.75, 3.05) is 0 Å². The van der Waals surface area contributed by atoms with Gasteiger partial charge in [0.2, 0.25) is 0 Å². The second-order valence-electron chi connectivity index (χ2n) is 2.68. The normalized spacial score (nSPS) is 10.3.